The van der Waals surface area contributed by atoms with Crippen molar-refractivity contribution in [1.29, 1.82) is 0 Å². The first kappa shape index (κ1) is 16.1. The van der Waals surface area contributed by atoms with E-state index in [1.165, 1.54) is 6.42 Å². The van der Waals surface area contributed by atoms with E-state index in [0.29, 0.717) is 5.02 Å². The number of hydrogen-bond donors (Lipinski definition) is 0. The van der Waals surface area contributed by atoms with Gasteiger partial charge in [-0.25, -0.2) is 4.68 Å². The third-order valence-electron chi connectivity index (χ3n) is 4.30. The third-order valence-corrected chi connectivity index (χ3v) is 4.55. The van der Waals surface area contributed by atoms with Gasteiger partial charge in [0.1, 0.15) is 0 Å². The lowest BCUT2D eigenvalue weighted by Gasteiger charge is -2.27. The molecule has 0 N–H and O–H groups in total. The summed E-state index contributed by atoms with van der Waals surface area (Å²) < 4.78 is 1.86. The molecule has 4 nitrogen and oxygen atoms in total. The number of benzene rings is 1. The largest absolute Gasteiger partial charge is 0.339 e. The van der Waals surface area contributed by atoms with Crippen molar-refractivity contribution >= 4 is 17.5 Å². The molecule has 122 valence electrons. The molecule has 2 heterocycles. The molecule has 0 spiro atoms. The topological polar surface area (TPSA) is 38.1 Å². The lowest BCUT2D eigenvalue weighted by molar-refractivity contribution is 0.0722. The van der Waals surface area contributed by atoms with Crippen LogP contribution in [0, 0.1) is 0 Å². The molecule has 1 aromatic heterocycles. The fourth-order valence-electron chi connectivity index (χ4n) is 3.13. The standard InChI is InChI=1S/C18H22ClN3O/c1-13(2)17-16(18(23)21-10-4-3-5-11-21)12-20-22(17)15-8-6-14(19)7-9-15/h6-9,12-13H,3-5,10-11H2,1-2H3. The van der Waals surface area contributed by atoms with E-state index in [-0.39, 0.29) is 11.8 Å². The molecule has 1 aliphatic heterocycles. The van der Waals surface area contributed by atoms with E-state index in [0.717, 1.165) is 42.9 Å². The molecular formula is C18H22ClN3O. The predicted octanol–water partition coefficient (Wildman–Crippen LogP) is 4.28. The van der Waals surface area contributed by atoms with Crippen LogP contribution in [0.5, 0.6) is 0 Å². The van der Waals surface area contributed by atoms with Crippen molar-refractivity contribution in [2.45, 2.75) is 39.0 Å². The maximum atomic E-state index is 12.9. The zero-order valence-corrected chi connectivity index (χ0v) is 14.4. The normalized spacial score (nSPS) is 15.2. The summed E-state index contributed by atoms with van der Waals surface area (Å²) in [7, 11) is 0. The van der Waals surface area contributed by atoms with Gasteiger partial charge in [0, 0.05) is 18.1 Å². The number of aromatic nitrogens is 2. The van der Waals surface area contributed by atoms with Gasteiger partial charge in [0.15, 0.2) is 0 Å². The minimum Gasteiger partial charge on any atom is -0.339 e. The summed E-state index contributed by atoms with van der Waals surface area (Å²) >= 11 is 5.97. The number of piperidine rings is 1. The molecule has 1 aromatic carbocycles. The highest BCUT2D eigenvalue weighted by Gasteiger charge is 2.25. The van der Waals surface area contributed by atoms with Gasteiger partial charge in [0.25, 0.3) is 5.91 Å². The van der Waals surface area contributed by atoms with Gasteiger partial charge in [-0.2, -0.15) is 5.10 Å². The van der Waals surface area contributed by atoms with E-state index in [4.69, 9.17) is 11.6 Å². The molecule has 0 bridgehead atoms. The average molecular weight is 332 g/mol. The quantitative estimate of drug-likeness (QED) is 0.842. The molecule has 1 amide bonds. The van der Waals surface area contributed by atoms with Crippen LogP contribution >= 0.6 is 11.6 Å². The van der Waals surface area contributed by atoms with Crippen molar-refractivity contribution in [2.24, 2.45) is 0 Å². The van der Waals surface area contributed by atoms with E-state index in [1.54, 1.807) is 6.20 Å². The highest BCUT2D eigenvalue weighted by molar-refractivity contribution is 6.30. The predicted molar refractivity (Wildman–Crippen MR) is 92.4 cm³/mol. The summed E-state index contributed by atoms with van der Waals surface area (Å²) in [5.41, 5.74) is 2.61. The molecule has 3 rings (SSSR count). The smallest absolute Gasteiger partial charge is 0.257 e. The van der Waals surface area contributed by atoms with Crippen LogP contribution in [0.3, 0.4) is 0 Å². The number of halogens is 1. The Morgan fingerprint density at radius 1 is 1.13 bits per heavy atom. The van der Waals surface area contributed by atoms with Crippen LogP contribution in [-0.2, 0) is 0 Å². The van der Waals surface area contributed by atoms with Crippen LogP contribution in [0.4, 0.5) is 0 Å². The molecule has 1 fully saturated rings. The SMILES string of the molecule is CC(C)c1c(C(=O)N2CCCCC2)cnn1-c1ccc(Cl)cc1. The van der Waals surface area contributed by atoms with Gasteiger partial charge < -0.3 is 4.90 Å². The molecule has 0 aliphatic carbocycles. The van der Waals surface area contributed by atoms with Crippen molar-refractivity contribution in [1.82, 2.24) is 14.7 Å². The number of rotatable bonds is 3. The lowest BCUT2D eigenvalue weighted by atomic mass is 10.0. The number of likely N-dealkylation sites (tertiary alicyclic amines) is 1. The minimum absolute atomic E-state index is 0.105. The summed E-state index contributed by atoms with van der Waals surface area (Å²) in [6.45, 7) is 5.89. The van der Waals surface area contributed by atoms with Crippen molar-refractivity contribution < 1.29 is 4.79 Å². The number of nitrogens with zero attached hydrogens (tertiary/aromatic N) is 3. The zero-order valence-electron chi connectivity index (χ0n) is 13.6. The van der Waals surface area contributed by atoms with Gasteiger partial charge in [0.05, 0.1) is 23.1 Å². The highest BCUT2D eigenvalue weighted by Crippen LogP contribution is 2.25. The summed E-state index contributed by atoms with van der Waals surface area (Å²) in [5, 5.41) is 5.17. The second kappa shape index (κ2) is 6.75. The molecule has 0 unspecified atom stereocenters. The Morgan fingerprint density at radius 3 is 2.39 bits per heavy atom. The minimum atomic E-state index is 0.105. The lowest BCUT2D eigenvalue weighted by Crippen LogP contribution is -2.36. The van der Waals surface area contributed by atoms with Crippen molar-refractivity contribution in [2.75, 3.05) is 13.1 Å². The number of amides is 1. The van der Waals surface area contributed by atoms with Gasteiger partial charge in [-0.1, -0.05) is 25.4 Å². The van der Waals surface area contributed by atoms with Crippen LogP contribution < -0.4 is 0 Å². The fourth-order valence-corrected chi connectivity index (χ4v) is 3.26. The average Bonchev–Trinajstić information content (AvgIpc) is 3.01. The molecule has 23 heavy (non-hydrogen) atoms. The van der Waals surface area contributed by atoms with E-state index in [2.05, 4.69) is 18.9 Å². The van der Waals surface area contributed by atoms with Crippen molar-refractivity contribution in [3.05, 3.63) is 46.7 Å². The summed E-state index contributed by atoms with van der Waals surface area (Å²) in [6, 6.07) is 7.54. The Morgan fingerprint density at radius 2 is 1.78 bits per heavy atom. The number of carbonyl (C=O) groups is 1. The Balaban J connectivity index is 1.98. The van der Waals surface area contributed by atoms with Crippen LogP contribution in [0.25, 0.3) is 5.69 Å². The molecule has 1 saturated heterocycles. The molecule has 0 atom stereocenters. The second-order valence-corrected chi connectivity index (χ2v) is 6.78. The maximum Gasteiger partial charge on any atom is 0.257 e. The summed E-state index contributed by atoms with van der Waals surface area (Å²) in [4.78, 5) is 14.8. The second-order valence-electron chi connectivity index (χ2n) is 6.34. The Hall–Kier alpha value is -1.81. The Labute approximate surface area is 142 Å². The first-order valence-electron chi connectivity index (χ1n) is 8.21. The highest BCUT2D eigenvalue weighted by atomic mass is 35.5. The van der Waals surface area contributed by atoms with Crippen LogP contribution in [0.15, 0.2) is 30.5 Å². The number of hydrogen-bond acceptors (Lipinski definition) is 2. The van der Waals surface area contributed by atoms with Crippen LogP contribution in [0.2, 0.25) is 5.02 Å². The van der Waals surface area contributed by atoms with Gasteiger partial charge in [-0.15, -0.1) is 0 Å². The summed E-state index contributed by atoms with van der Waals surface area (Å²) in [5.74, 6) is 0.311. The van der Waals surface area contributed by atoms with E-state index >= 15 is 0 Å². The number of carbonyl (C=O) groups excluding carboxylic acids is 1. The molecule has 0 saturated carbocycles. The zero-order chi connectivity index (χ0) is 16.4. The first-order chi connectivity index (χ1) is 11.1. The van der Waals surface area contributed by atoms with Crippen molar-refractivity contribution in [3.8, 4) is 5.69 Å². The van der Waals surface area contributed by atoms with E-state index < -0.39 is 0 Å². The Kier molecular flexibility index (Phi) is 4.71. The maximum absolute atomic E-state index is 12.9. The molecule has 2 aromatic rings. The first-order valence-corrected chi connectivity index (χ1v) is 8.59. The molecule has 5 heteroatoms. The fraction of sp³-hybridized carbons (Fsp3) is 0.444. The van der Waals surface area contributed by atoms with E-state index in [1.807, 2.05) is 33.8 Å². The van der Waals surface area contributed by atoms with Gasteiger partial charge >= 0.3 is 0 Å². The Bertz CT molecular complexity index is 685. The molecule has 0 radical (unpaired) electrons. The molecular weight excluding hydrogens is 310 g/mol. The van der Waals surface area contributed by atoms with Gasteiger partial charge in [-0.05, 0) is 49.4 Å². The molecule has 1 aliphatic rings. The van der Waals surface area contributed by atoms with Crippen LogP contribution in [-0.4, -0.2) is 33.7 Å². The summed E-state index contributed by atoms with van der Waals surface area (Å²) in [6.07, 6.45) is 5.11. The third kappa shape index (κ3) is 3.27. The monoisotopic (exact) mass is 331 g/mol. The van der Waals surface area contributed by atoms with Gasteiger partial charge in [0.2, 0.25) is 0 Å². The van der Waals surface area contributed by atoms with Gasteiger partial charge in [-0.3, -0.25) is 4.79 Å². The van der Waals surface area contributed by atoms with Crippen LogP contribution in [0.1, 0.15) is 55.1 Å². The van der Waals surface area contributed by atoms with E-state index in [9.17, 15) is 4.79 Å². The van der Waals surface area contributed by atoms with Crippen molar-refractivity contribution in [3.63, 3.8) is 0 Å².